The Morgan fingerprint density at radius 3 is 2.15 bits per heavy atom. The van der Waals surface area contributed by atoms with Gasteiger partial charge >= 0.3 is 0 Å². The van der Waals surface area contributed by atoms with Crippen molar-refractivity contribution in [3.63, 3.8) is 0 Å². The molecule has 3 nitrogen and oxygen atoms in total. The molecule has 41 heavy (non-hydrogen) atoms. The van der Waals surface area contributed by atoms with Crippen LogP contribution in [-0.4, -0.2) is 15.9 Å². The Labute approximate surface area is 264 Å². The molecule has 5 heteroatoms. The van der Waals surface area contributed by atoms with Crippen LogP contribution in [0.1, 0.15) is 90.2 Å². The number of pyridine rings is 1. The number of allylic oxidation sites excluding steroid dienone is 2. The number of aliphatic hydroxyl groups excluding tert-OH is 1. The largest absolute Gasteiger partial charge is 0.512 e. The van der Waals surface area contributed by atoms with Gasteiger partial charge in [0.15, 0.2) is 5.78 Å². The molecule has 0 atom stereocenters. The van der Waals surface area contributed by atoms with Crippen molar-refractivity contribution in [1.82, 2.24) is 4.98 Å². The van der Waals surface area contributed by atoms with Gasteiger partial charge in [0.2, 0.25) is 0 Å². The van der Waals surface area contributed by atoms with E-state index in [2.05, 4.69) is 83.1 Å². The molecule has 1 N–H and O–H groups in total. The monoisotopic (exact) mass is 749 g/mol. The summed E-state index contributed by atoms with van der Waals surface area (Å²) in [6.45, 7) is 19.2. The van der Waals surface area contributed by atoms with Gasteiger partial charge in [-0.2, -0.15) is 0 Å². The molecule has 2 aromatic heterocycles. The van der Waals surface area contributed by atoms with Crippen molar-refractivity contribution in [3.05, 3.63) is 76.4 Å². The van der Waals surface area contributed by atoms with Crippen LogP contribution >= 0.6 is 11.3 Å². The first kappa shape index (κ1) is 34.9. The van der Waals surface area contributed by atoms with E-state index in [-0.39, 0.29) is 48.9 Å². The van der Waals surface area contributed by atoms with Crippen molar-refractivity contribution in [2.45, 2.75) is 93.4 Å². The second kappa shape index (κ2) is 15.2. The number of hydrogen-bond donors (Lipinski definition) is 1. The maximum atomic E-state index is 11.7. The quantitative estimate of drug-likeness (QED) is 0.111. The summed E-state index contributed by atoms with van der Waals surface area (Å²) in [6, 6.07) is 18.7. The molecule has 0 unspecified atom stereocenters. The molecule has 2 heterocycles. The van der Waals surface area contributed by atoms with Gasteiger partial charge in [0.1, 0.15) is 4.83 Å². The molecule has 0 saturated heterocycles. The van der Waals surface area contributed by atoms with Gasteiger partial charge in [-0.25, -0.2) is 0 Å². The van der Waals surface area contributed by atoms with Crippen LogP contribution in [-0.2, 0) is 30.3 Å². The summed E-state index contributed by atoms with van der Waals surface area (Å²) in [7, 11) is 0. The Kier molecular flexibility index (Phi) is 13.0. The van der Waals surface area contributed by atoms with E-state index in [1.54, 1.807) is 11.3 Å². The third-order valence-electron chi connectivity index (χ3n) is 7.98. The van der Waals surface area contributed by atoms with Crippen molar-refractivity contribution in [3.8, 4) is 11.3 Å². The van der Waals surface area contributed by atoms with E-state index in [0.717, 1.165) is 47.2 Å². The van der Waals surface area contributed by atoms with Gasteiger partial charge in [0.05, 0.1) is 5.76 Å². The summed E-state index contributed by atoms with van der Waals surface area (Å²) in [5.74, 6) is 0.547. The van der Waals surface area contributed by atoms with Crippen molar-refractivity contribution >= 4 is 38.1 Å². The molecule has 0 bridgehead atoms. The zero-order valence-corrected chi connectivity index (χ0v) is 29.4. The van der Waals surface area contributed by atoms with Crippen molar-refractivity contribution in [2.75, 3.05) is 0 Å². The van der Waals surface area contributed by atoms with Crippen LogP contribution in [0.15, 0.2) is 54.3 Å². The van der Waals surface area contributed by atoms with Crippen LogP contribution in [0.25, 0.3) is 32.2 Å². The Morgan fingerprint density at radius 2 is 1.56 bits per heavy atom. The Hall–Kier alpha value is -2.33. The van der Waals surface area contributed by atoms with Crippen molar-refractivity contribution in [1.29, 1.82) is 0 Å². The number of aliphatic hydroxyl groups is 1. The smallest absolute Gasteiger partial charge is 0.162 e. The van der Waals surface area contributed by atoms with Gasteiger partial charge in [-0.15, -0.1) is 40.5 Å². The van der Waals surface area contributed by atoms with E-state index in [9.17, 15) is 9.90 Å². The van der Waals surface area contributed by atoms with Crippen LogP contribution in [0.4, 0.5) is 0 Å². The Bertz CT molecular complexity index is 1490. The number of ketones is 1. The molecule has 0 aliphatic carbocycles. The average Bonchev–Trinajstić information content (AvgIpc) is 3.21. The third-order valence-corrected chi connectivity index (χ3v) is 9.10. The van der Waals surface area contributed by atoms with Gasteiger partial charge in [-0.1, -0.05) is 89.7 Å². The van der Waals surface area contributed by atoms with Crippen LogP contribution in [0.3, 0.4) is 0 Å². The fourth-order valence-corrected chi connectivity index (χ4v) is 6.16. The van der Waals surface area contributed by atoms with Crippen molar-refractivity contribution < 1.29 is 30.0 Å². The number of aromatic nitrogens is 1. The van der Waals surface area contributed by atoms with Gasteiger partial charge in [-0.05, 0) is 50.5 Å². The fourth-order valence-electron chi connectivity index (χ4n) is 5.13. The minimum Gasteiger partial charge on any atom is -0.512 e. The second-order valence-electron chi connectivity index (χ2n) is 11.7. The van der Waals surface area contributed by atoms with Crippen LogP contribution < -0.4 is 0 Å². The van der Waals surface area contributed by atoms with Gasteiger partial charge in [0, 0.05) is 54.0 Å². The number of rotatable bonds is 8. The number of thiophene rings is 1. The molecule has 223 valence electrons. The SMILES string of the molecule is CCC(CC)C(=O)/C=C(\O)C(CC)CC.Cc1sc2nc(-c3[c-]c4ccccc4c(C(C)(C)C)c3)ccc2c1C.[Ir]. The van der Waals surface area contributed by atoms with Crippen LogP contribution in [0, 0.1) is 31.7 Å². The molecule has 1 radical (unpaired) electrons. The normalized spacial score (nSPS) is 12.0. The molecule has 0 amide bonds. The molecule has 0 aliphatic heterocycles. The molecule has 0 spiro atoms. The minimum absolute atomic E-state index is 0. The maximum Gasteiger partial charge on any atom is 0.162 e. The summed E-state index contributed by atoms with van der Waals surface area (Å²) in [4.78, 5) is 19.1. The van der Waals surface area contributed by atoms with Gasteiger partial charge in [0.25, 0.3) is 0 Å². The number of benzene rings is 2. The molecular weight excluding hydrogens is 703 g/mol. The average molecular weight is 749 g/mol. The predicted octanol–water partition coefficient (Wildman–Crippen LogP) is 10.7. The Balaban J connectivity index is 0.000000320. The van der Waals surface area contributed by atoms with Crippen molar-refractivity contribution in [2.24, 2.45) is 11.8 Å². The third kappa shape index (κ3) is 8.37. The zero-order chi connectivity index (χ0) is 29.6. The summed E-state index contributed by atoms with van der Waals surface area (Å²) in [5.41, 5.74) is 4.84. The van der Waals surface area contributed by atoms with Crippen LogP contribution in [0.2, 0.25) is 0 Å². The standard InChI is InChI=1S/C23H22NS.C13H24O2.Ir/c1-14-15(2)25-22-18(14)10-11-21(24-22)17-12-16-8-6-7-9-19(16)20(13-17)23(3,4)5;1-5-10(6-2)12(14)9-13(15)11(7-3)8-4;/h6-11,13H,1-5H3;9-11,14H,5-8H2,1-4H3;/q-1;;/b;12-9-;. The minimum atomic E-state index is 0. The number of fused-ring (bicyclic) bond motifs is 2. The fraction of sp³-hybridized carbons (Fsp3) is 0.444. The zero-order valence-electron chi connectivity index (χ0n) is 26.1. The summed E-state index contributed by atoms with van der Waals surface area (Å²) in [6.07, 6.45) is 4.91. The number of aryl methyl sites for hydroxylation is 2. The van der Waals surface area contributed by atoms with E-state index in [1.165, 1.54) is 32.9 Å². The maximum absolute atomic E-state index is 11.7. The number of carbonyl (C=O) groups excluding carboxylic acids is 1. The molecule has 0 saturated carbocycles. The van der Waals surface area contributed by atoms with Gasteiger partial charge in [-0.3, -0.25) is 9.78 Å². The molecule has 0 fully saturated rings. The Morgan fingerprint density at radius 1 is 0.951 bits per heavy atom. The number of hydrogen-bond acceptors (Lipinski definition) is 4. The second-order valence-corrected chi connectivity index (χ2v) is 12.9. The summed E-state index contributed by atoms with van der Waals surface area (Å²) < 4.78 is 0. The molecule has 0 aliphatic rings. The van der Waals surface area contributed by atoms with E-state index in [4.69, 9.17) is 4.98 Å². The van der Waals surface area contributed by atoms with E-state index in [0.29, 0.717) is 0 Å². The van der Waals surface area contributed by atoms with E-state index >= 15 is 0 Å². The molecule has 4 aromatic rings. The van der Waals surface area contributed by atoms with E-state index < -0.39 is 0 Å². The topological polar surface area (TPSA) is 50.2 Å². The summed E-state index contributed by atoms with van der Waals surface area (Å²) >= 11 is 1.78. The van der Waals surface area contributed by atoms with E-state index in [1.807, 2.05) is 27.7 Å². The molecular formula is C36H46IrNO2S-. The first-order valence-electron chi connectivity index (χ1n) is 14.7. The number of nitrogens with zero attached hydrogens (tertiary/aromatic N) is 1. The van der Waals surface area contributed by atoms with Crippen LogP contribution in [0.5, 0.6) is 0 Å². The number of carbonyl (C=O) groups is 1. The first-order chi connectivity index (χ1) is 18.9. The molecule has 4 rings (SSSR count). The predicted molar refractivity (Wildman–Crippen MR) is 173 cm³/mol. The van der Waals surface area contributed by atoms with Gasteiger partial charge < -0.3 is 5.11 Å². The first-order valence-corrected chi connectivity index (χ1v) is 15.5. The summed E-state index contributed by atoms with van der Waals surface area (Å²) in [5, 5.41) is 13.5. The molecule has 2 aromatic carbocycles.